The van der Waals surface area contributed by atoms with Gasteiger partial charge in [0, 0.05) is 22.4 Å². The molecule has 0 saturated carbocycles. The van der Waals surface area contributed by atoms with Crippen molar-refractivity contribution in [2.24, 2.45) is 4.99 Å². The van der Waals surface area contributed by atoms with Crippen LogP contribution in [0.15, 0.2) is 64.0 Å². The van der Waals surface area contributed by atoms with Crippen molar-refractivity contribution in [1.29, 1.82) is 0 Å². The molecule has 0 spiro atoms. The van der Waals surface area contributed by atoms with Crippen LogP contribution in [-0.4, -0.2) is 16.3 Å². The number of aromatic nitrogens is 1. The minimum absolute atomic E-state index is 0.0512. The first-order chi connectivity index (χ1) is 14.4. The van der Waals surface area contributed by atoms with Gasteiger partial charge in [-0.15, -0.1) is 0 Å². The zero-order chi connectivity index (χ0) is 21.3. The van der Waals surface area contributed by atoms with E-state index in [1.165, 1.54) is 17.8 Å². The minimum atomic E-state index is -0.0512. The molecule has 4 aromatic rings. The zero-order valence-corrected chi connectivity index (χ0v) is 18.1. The molecule has 1 atom stereocenters. The third kappa shape index (κ3) is 4.20. The Labute approximate surface area is 184 Å². The number of aliphatic imine (C=N–C) groups is 1. The lowest BCUT2D eigenvalue weighted by Crippen LogP contribution is -1.90. The monoisotopic (exact) mass is 438 g/mol. The molecule has 0 bridgehead atoms. The van der Waals surface area contributed by atoms with E-state index in [4.69, 9.17) is 27.6 Å². The third-order valence-corrected chi connectivity index (χ3v) is 5.62. The fraction of sp³-hybridized carbons (Fsp3) is 0.167. The lowest BCUT2D eigenvalue weighted by Gasteiger charge is -2.07. The van der Waals surface area contributed by atoms with Crippen molar-refractivity contribution in [3.05, 3.63) is 75.8 Å². The molecule has 1 N–H and O–H groups in total. The second-order valence-corrected chi connectivity index (χ2v) is 8.03. The Morgan fingerprint density at radius 3 is 2.60 bits per heavy atom. The number of rotatable bonds is 5. The number of hydrogen-bond acceptors (Lipinski definition) is 4. The molecule has 152 valence electrons. The number of aromatic hydroxyl groups is 1. The van der Waals surface area contributed by atoms with Crippen molar-refractivity contribution in [1.82, 2.24) is 4.98 Å². The predicted octanol–water partition coefficient (Wildman–Crippen LogP) is 7.77. The van der Waals surface area contributed by atoms with Crippen molar-refractivity contribution >= 4 is 46.2 Å². The summed E-state index contributed by atoms with van der Waals surface area (Å²) in [5, 5.41) is 10.6. The summed E-state index contributed by atoms with van der Waals surface area (Å²) in [6, 6.07) is 16.8. The van der Waals surface area contributed by atoms with Gasteiger partial charge in [-0.1, -0.05) is 43.1 Å². The summed E-state index contributed by atoms with van der Waals surface area (Å²) in [5.41, 5.74) is 4.92. The molecule has 30 heavy (non-hydrogen) atoms. The Morgan fingerprint density at radius 2 is 1.87 bits per heavy atom. The van der Waals surface area contributed by atoms with Crippen molar-refractivity contribution < 1.29 is 9.52 Å². The normalized spacial score (nSPS) is 12.7. The van der Waals surface area contributed by atoms with E-state index in [0.29, 0.717) is 28.1 Å². The van der Waals surface area contributed by atoms with Crippen LogP contribution in [0.25, 0.3) is 22.6 Å². The van der Waals surface area contributed by atoms with Crippen molar-refractivity contribution in [2.45, 2.75) is 26.2 Å². The molecule has 0 fully saturated rings. The third-order valence-electron chi connectivity index (χ3n) is 5.12. The van der Waals surface area contributed by atoms with Crippen LogP contribution in [0.4, 0.5) is 5.69 Å². The highest BCUT2D eigenvalue weighted by Gasteiger charge is 2.11. The molecule has 1 aromatic heterocycles. The van der Waals surface area contributed by atoms with Gasteiger partial charge in [0.25, 0.3) is 0 Å². The lowest BCUT2D eigenvalue weighted by molar-refractivity contribution is 0.475. The summed E-state index contributed by atoms with van der Waals surface area (Å²) in [6.07, 6.45) is 2.61. The van der Waals surface area contributed by atoms with E-state index in [1.807, 2.05) is 30.3 Å². The first-order valence-corrected chi connectivity index (χ1v) is 10.4. The molecule has 0 radical (unpaired) electrons. The first kappa shape index (κ1) is 20.5. The maximum absolute atomic E-state index is 10.0. The largest absolute Gasteiger partial charge is 0.506 e. The lowest BCUT2D eigenvalue weighted by atomic mass is 9.98. The van der Waals surface area contributed by atoms with Gasteiger partial charge in [-0.05, 0) is 66.4 Å². The first-order valence-electron chi connectivity index (χ1n) is 9.67. The summed E-state index contributed by atoms with van der Waals surface area (Å²) in [6.45, 7) is 4.38. The fourth-order valence-corrected chi connectivity index (χ4v) is 3.64. The number of fused-ring (bicyclic) bond motifs is 1. The predicted molar refractivity (Wildman–Crippen MR) is 124 cm³/mol. The summed E-state index contributed by atoms with van der Waals surface area (Å²) in [5.74, 6) is 1.01. The number of phenolic OH excluding ortho intramolecular Hbond substituents is 1. The molecule has 0 saturated heterocycles. The maximum atomic E-state index is 10.0. The van der Waals surface area contributed by atoms with Crippen LogP contribution in [0.3, 0.4) is 0 Å². The van der Waals surface area contributed by atoms with Gasteiger partial charge >= 0.3 is 0 Å². The molecule has 4 rings (SSSR count). The van der Waals surface area contributed by atoms with Gasteiger partial charge in [-0.25, -0.2) is 4.98 Å². The fourth-order valence-electron chi connectivity index (χ4n) is 3.13. The smallest absolute Gasteiger partial charge is 0.227 e. The number of phenols is 1. The van der Waals surface area contributed by atoms with E-state index in [2.05, 4.69) is 36.0 Å². The standard InChI is InChI=1S/C24H20Cl2N2O2/c1-3-14(2)16-6-9-22-21(11-16)28-24(30-22)15-4-7-19(8-5-15)27-13-17-10-18(25)12-20(26)23(17)29/h4-14,29H,3H2,1-2H3. The van der Waals surface area contributed by atoms with E-state index in [1.54, 1.807) is 6.07 Å². The molecule has 3 aromatic carbocycles. The van der Waals surface area contributed by atoms with Crippen LogP contribution in [0.2, 0.25) is 10.0 Å². The number of hydrogen-bond donors (Lipinski definition) is 1. The number of nitrogens with zero attached hydrogens (tertiary/aromatic N) is 2. The Balaban J connectivity index is 1.58. The molecule has 1 heterocycles. The minimum Gasteiger partial charge on any atom is -0.506 e. The average molecular weight is 439 g/mol. The van der Waals surface area contributed by atoms with Crippen LogP contribution < -0.4 is 0 Å². The molecule has 0 aliphatic rings. The highest BCUT2D eigenvalue weighted by Crippen LogP contribution is 2.31. The molecule has 1 unspecified atom stereocenters. The van der Waals surface area contributed by atoms with Crippen molar-refractivity contribution in [3.63, 3.8) is 0 Å². The molecular weight excluding hydrogens is 419 g/mol. The number of halogens is 2. The maximum Gasteiger partial charge on any atom is 0.227 e. The zero-order valence-electron chi connectivity index (χ0n) is 16.6. The molecular formula is C24H20Cl2N2O2. The van der Waals surface area contributed by atoms with Crippen LogP contribution in [0, 0.1) is 0 Å². The molecule has 0 amide bonds. The second-order valence-electron chi connectivity index (χ2n) is 7.19. The van der Waals surface area contributed by atoms with E-state index in [0.717, 1.165) is 23.1 Å². The Hall–Kier alpha value is -2.82. The van der Waals surface area contributed by atoms with Gasteiger partial charge in [0.15, 0.2) is 5.58 Å². The van der Waals surface area contributed by atoms with Crippen LogP contribution in [-0.2, 0) is 0 Å². The summed E-state index contributed by atoms with van der Waals surface area (Å²) < 4.78 is 5.92. The SMILES string of the molecule is CCC(C)c1ccc2oc(-c3ccc(N=Cc4cc(Cl)cc(Cl)c4O)cc3)nc2c1. The topological polar surface area (TPSA) is 58.6 Å². The van der Waals surface area contributed by atoms with E-state index >= 15 is 0 Å². The van der Waals surface area contributed by atoms with Crippen LogP contribution >= 0.6 is 23.2 Å². The van der Waals surface area contributed by atoms with E-state index < -0.39 is 0 Å². The van der Waals surface area contributed by atoms with Gasteiger partial charge in [0.1, 0.15) is 11.3 Å². The average Bonchev–Trinajstić information content (AvgIpc) is 3.18. The van der Waals surface area contributed by atoms with Gasteiger partial charge in [0.2, 0.25) is 5.89 Å². The van der Waals surface area contributed by atoms with Gasteiger partial charge in [-0.3, -0.25) is 4.99 Å². The Bertz CT molecular complexity index is 1230. The Morgan fingerprint density at radius 1 is 1.10 bits per heavy atom. The van der Waals surface area contributed by atoms with Crippen LogP contribution in [0.5, 0.6) is 5.75 Å². The summed E-state index contributed by atoms with van der Waals surface area (Å²) in [4.78, 5) is 9.03. The number of benzene rings is 3. The number of oxazole rings is 1. The highest BCUT2D eigenvalue weighted by molar-refractivity contribution is 6.36. The Kier molecular flexibility index (Phi) is 5.80. The van der Waals surface area contributed by atoms with Crippen molar-refractivity contribution in [3.8, 4) is 17.2 Å². The van der Waals surface area contributed by atoms with Crippen molar-refractivity contribution in [2.75, 3.05) is 0 Å². The van der Waals surface area contributed by atoms with E-state index in [-0.39, 0.29) is 10.8 Å². The van der Waals surface area contributed by atoms with Gasteiger partial charge in [0.05, 0.1) is 10.7 Å². The van der Waals surface area contributed by atoms with E-state index in [9.17, 15) is 5.11 Å². The van der Waals surface area contributed by atoms with Gasteiger partial charge < -0.3 is 9.52 Å². The molecule has 0 aliphatic heterocycles. The highest BCUT2D eigenvalue weighted by atomic mass is 35.5. The van der Waals surface area contributed by atoms with Crippen LogP contribution in [0.1, 0.15) is 37.3 Å². The molecule has 0 aliphatic carbocycles. The summed E-state index contributed by atoms with van der Waals surface area (Å²) >= 11 is 11.9. The second kappa shape index (κ2) is 8.50. The molecule has 6 heteroatoms. The summed E-state index contributed by atoms with van der Waals surface area (Å²) in [7, 11) is 0. The molecule has 4 nitrogen and oxygen atoms in total. The van der Waals surface area contributed by atoms with Gasteiger partial charge in [-0.2, -0.15) is 0 Å². The quantitative estimate of drug-likeness (QED) is 0.323.